The van der Waals surface area contributed by atoms with E-state index in [2.05, 4.69) is 18.9 Å². The second-order valence-electron chi connectivity index (χ2n) is 7.70. The Kier molecular flexibility index (Phi) is 3.89. The lowest BCUT2D eigenvalue weighted by Crippen LogP contribution is -2.47. The molecule has 0 aromatic carbocycles. The maximum absolute atomic E-state index is 13.0. The van der Waals surface area contributed by atoms with E-state index in [9.17, 15) is 9.59 Å². The lowest BCUT2D eigenvalue weighted by atomic mass is 9.91. The van der Waals surface area contributed by atoms with E-state index in [1.807, 2.05) is 17.9 Å². The van der Waals surface area contributed by atoms with E-state index in [-0.39, 0.29) is 11.5 Å². The summed E-state index contributed by atoms with van der Waals surface area (Å²) in [5, 5.41) is 4.43. The molecule has 4 rings (SSSR count). The summed E-state index contributed by atoms with van der Waals surface area (Å²) in [5.74, 6) is 1.55. The molecular weight excluding hydrogens is 332 g/mol. The molecule has 1 fully saturated rings. The van der Waals surface area contributed by atoms with E-state index in [0.717, 1.165) is 25.0 Å². The highest BCUT2D eigenvalue weighted by atomic mass is 16.3. The lowest BCUT2D eigenvalue weighted by Gasteiger charge is -2.36. The van der Waals surface area contributed by atoms with Crippen LogP contribution in [0.5, 0.6) is 0 Å². The number of aromatic nitrogens is 3. The molecule has 1 aliphatic rings. The fourth-order valence-corrected chi connectivity index (χ4v) is 4.27. The average Bonchev–Trinajstić information content (AvgIpc) is 3.17. The van der Waals surface area contributed by atoms with Crippen molar-refractivity contribution in [2.75, 3.05) is 13.1 Å². The van der Waals surface area contributed by atoms with E-state index < -0.39 is 6.04 Å². The number of aryl methyl sites for hydroxylation is 1. The van der Waals surface area contributed by atoms with Crippen LogP contribution < -0.4 is 5.56 Å². The van der Waals surface area contributed by atoms with Crippen molar-refractivity contribution in [3.05, 3.63) is 34.6 Å². The monoisotopic (exact) mass is 356 g/mol. The topological polar surface area (TPSA) is 72.8 Å². The van der Waals surface area contributed by atoms with Gasteiger partial charge >= 0.3 is 0 Å². The van der Waals surface area contributed by atoms with E-state index in [1.165, 1.54) is 4.68 Å². The van der Waals surface area contributed by atoms with Crippen molar-refractivity contribution in [2.45, 2.75) is 40.2 Å². The van der Waals surface area contributed by atoms with E-state index in [4.69, 9.17) is 4.42 Å². The summed E-state index contributed by atoms with van der Waals surface area (Å²) in [7, 11) is 0. The molecule has 3 atom stereocenters. The van der Waals surface area contributed by atoms with Gasteiger partial charge in [-0.15, -0.1) is 0 Å². The first-order valence-corrected chi connectivity index (χ1v) is 9.13. The summed E-state index contributed by atoms with van der Waals surface area (Å²) >= 11 is 0. The Labute approximate surface area is 151 Å². The van der Waals surface area contributed by atoms with Crippen molar-refractivity contribution < 1.29 is 9.21 Å². The molecule has 7 heteroatoms. The molecule has 0 N–H and O–H groups in total. The molecule has 0 unspecified atom stereocenters. The molecule has 1 saturated heterocycles. The molecule has 26 heavy (non-hydrogen) atoms. The first kappa shape index (κ1) is 16.9. The van der Waals surface area contributed by atoms with Gasteiger partial charge in [-0.25, -0.2) is 4.68 Å². The molecule has 1 aliphatic heterocycles. The van der Waals surface area contributed by atoms with Crippen LogP contribution >= 0.6 is 0 Å². The number of amides is 1. The van der Waals surface area contributed by atoms with Gasteiger partial charge in [-0.05, 0) is 32.1 Å². The van der Waals surface area contributed by atoms with Gasteiger partial charge in [0.15, 0.2) is 5.58 Å². The van der Waals surface area contributed by atoms with Gasteiger partial charge in [0, 0.05) is 25.2 Å². The van der Waals surface area contributed by atoms with Crippen LogP contribution in [0.25, 0.3) is 16.6 Å². The number of fused-ring (bicyclic) bond motifs is 3. The minimum atomic E-state index is -0.634. The summed E-state index contributed by atoms with van der Waals surface area (Å²) in [6, 6.07) is 2.89. The molecule has 3 aromatic heterocycles. The maximum atomic E-state index is 13.0. The maximum Gasteiger partial charge on any atom is 0.291 e. The van der Waals surface area contributed by atoms with Crippen molar-refractivity contribution in [3.63, 3.8) is 0 Å². The standard InChI is InChI=1S/C19H24N4O3/c1-11-7-12(2)10-21(9-11)18(24)13(3)23-19(25)16-8-17-15(5-6-26-17)22(16)14(4)20-23/h5-6,8,11-13H,7,9-10H2,1-4H3/t11-,12+,13-/m1/s1. The van der Waals surface area contributed by atoms with Gasteiger partial charge in [0.1, 0.15) is 17.4 Å². The fourth-order valence-electron chi connectivity index (χ4n) is 4.27. The Balaban J connectivity index is 1.75. The molecular formula is C19H24N4O3. The molecule has 0 radical (unpaired) electrons. The van der Waals surface area contributed by atoms with E-state index in [1.54, 1.807) is 23.7 Å². The normalized spacial score (nSPS) is 22.2. The summed E-state index contributed by atoms with van der Waals surface area (Å²) in [6.07, 6.45) is 2.72. The van der Waals surface area contributed by atoms with Crippen LogP contribution in [0.3, 0.4) is 0 Å². The Hall–Kier alpha value is -2.57. The van der Waals surface area contributed by atoms with E-state index in [0.29, 0.717) is 28.8 Å². The average molecular weight is 356 g/mol. The Morgan fingerprint density at radius 3 is 2.65 bits per heavy atom. The number of rotatable bonds is 2. The Morgan fingerprint density at radius 1 is 1.27 bits per heavy atom. The molecule has 7 nitrogen and oxygen atoms in total. The zero-order valence-corrected chi connectivity index (χ0v) is 15.6. The summed E-state index contributed by atoms with van der Waals surface area (Å²) in [6.45, 7) is 9.39. The first-order valence-electron chi connectivity index (χ1n) is 9.13. The van der Waals surface area contributed by atoms with Crippen molar-refractivity contribution in [2.24, 2.45) is 11.8 Å². The molecule has 138 valence electrons. The van der Waals surface area contributed by atoms with Gasteiger partial charge < -0.3 is 9.32 Å². The van der Waals surface area contributed by atoms with Gasteiger partial charge in [-0.3, -0.25) is 14.0 Å². The highest BCUT2D eigenvalue weighted by molar-refractivity contribution is 5.83. The van der Waals surface area contributed by atoms with Crippen molar-refractivity contribution in [3.8, 4) is 0 Å². The summed E-state index contributed by atoms with van der Waals surface area (Å²) < 4.78 is 8.50. The smallest absolute Gasteiger partial charge is 0.291 e. The van der Waals surface area contributed by atoms with Crippen LogP contribution in [0.2, 0.25) is 0 Å². The number of nitrogens with zero attached hydrogens (tertiary/aromatic N) is 4. The number of furan rings is 1. The van der Waals surface area contributed by atoms with Gasteiger partial charge in [-0.2, -0.15) is 5.10 Å². The van der Waals surface area contributed by atoms with Crippen molar-refractivity contribution >= 4 is 22.5 Å². The number of likely N-dealkylation sites (tertiary alicyclic amines) is 1. The molecule has 0 saturated carbocycles. The van der Waals surface area contributed by atoms with Crippen LogP contribution in [0.15, 0.2) is 27.6 Å². The number of hydrogen-bond donors (Lipinski definition) is 0. The van der Waals surface area contributed by atoms with Crippen LogP contribution in [0.1, 0.15) is 39.1 Å². The van der Waals surface area contributed by atoms with Crippen molar-refractivity contribution in [1.82, 2.24) is 19.1 Å². The quantitative estimate of drug-likeness (QED) is 0.707. The predicted molar refractivity (Wildman–Crippen MR) is 98.2 cm³/mol. The Bertz CT molecular complexity index is 1030. The Morgan fingerprint density at radius 2 is 1.96 bits per heavy atom. The van der Waals surface area contributed by atoms with Crippen LogP contribution in [-0.4, -0.2) is 38.1 Å². The number of hydrogen-bond acceptors (Lipinski definition) is 4. The van der Waals surface area contributed by atoms with E-state index >= 15 is 0 Å². The van der Waals surface area contributed by atoms with Crippen LogP contribution in [0, 0.1) is 18.8 Å². The number of carbonyl (C=O) groups excluding carboxylic acids is 1. The molecule has 0 aliphatic carbocycles. The highest BCUT2D eigenvalue weighted by Gasteiger charge is 2.30. The van der Waals surface area contributed by atoms with Gasteiger partial charge in [0.25, 0.3) is 5.56 Å². The lowest BCUT2D eigenvalue weighted by molar-refractivity contribution is -0.137. The van der Waals surface area contributed by atoms with Gasteiger partial charge in [0.05, 0.1) is 11.8 Å². The van der Waals surface area contributed by atoms with Crippen molar-refractivity contribution in [1.29, 1.82) is 0 Å². The second-order valence-corrected chi connectivity index (χ2v) is 7.70. The predicted octanol–water partition coefficient (Wildman–Crippen LogP) is 2.62. The largest absolute Gasteiger partial charge is 0.463 e. The highest BCUT2D eigenvalue weighted by Crippen LogP contribution is 2.24. The third-order valence-corrected chi connectivity index (χ3v) is 5.33. The third-order valence-electron chi connectivity index (χ3n) is 5.33. The minimum absolute atomic E-state index is 0.0445. The molecule has 0 spiro atoms. The zero-order valence-electron chi connectivity index (χ0n) is 15.6. The third kappa shape index (κ3) is 2.53. The molecule has 1 amide bonds. The zero-order chi connectivity index (χ0) is 18.6. The SMILES string of the molecule is Cc1nn([C@H](C)C(=O)N2C[C@H](C)C[C@H](C)C2)c(=O)c2cc3occc3n12. The molecule has 3 aromatic rings. The second kappa shape index (κ2) is 6.00. The van der Waals surface area contributed by atoms with Crippen LogP contribution in [-0.2, 0) is 4.79 Å². The minimum Gasteiger partial charge on any atom is -0.463 e. The van der Waals surface area contributed by atoms with Crippen LogP contribution in [0.4, 0.5) is 0 Å². The number of piperidine rings is 1. The number of carbonyl (C=O) groups is 1. The molecule has 0 bridgehead atoms. The van der Waals surface area contributed by atoms with Gasteiger partial charge in [-0.1, -0.05) is 13.8 Å². The fraction of sp³-hybridized carbons (Fsp3) is 0.526. The van der Waals surface area contributed by atoms with Gasteiger partial charge in [0.2, 0.25) is 5.91 Å². The summed E-state index contributed by atoms with van der Waals surface area (Å²) in [5.41, 5.74) is 1.65. The molecule has 4 heterocycles. The summed E-state index contributed by atoms with van der Waals surface area (Å²) in [4.78, 5) is 27.9. The first-order chi connectivity index (χ1) is 12.4.